The minimum Gasteiger partial charge on any atom is -0.496 e. The molecule has 5 nitrogen and oxygen atoms in total. The zero-order chi connectivity index (χ0) is 18.4. The van der Waals surface area contributed by atoms with Gasteiger partial charge in [-0.2, -0.15) is 5.26 Å². The maximum absolute atomic E-state index is 12.4. The van der Waals surface area contributed by atoms with Crippen molar-refractivity contribution in [3.63, 3.8) is 0 Å². The van der Waals surface area contributed by atoms with Crippen LogP contribution < -0.4 is 4.74 Å². The molecule has 25 heavy (non-hydrogen) atoms. The van der Waals surface area contributed by atoms with Crippen LogP contribution in [-0.4, -0.2) is 55.0 Å². The molecule has 0 aromatic heterocycles. The van der Waals surface area contributed by atoms with E-state index in [0.29, 0.717) is 13.1 Å². The molecule has 134 valence electrons. The molecule has 0 radical (unpaired) electrons. The van der Waals surface area contributed by atoms with E-state index in [1.807, 2.05) is 23.1 Å². The molecule has 0 aliphatic carbocycles. The lowest BCUT2D eigenvalue weighted by atomic mass is 10.0. The van der Waals surface area contributed by atoms with E-state index in [9.17, 15) is 10.1 Å². The summed E-state index contributed by atoms with van der Waals surface area (Å²) in [6, 6.07) is 7.97. The van der Waals surface area contributed by atoms with Crippen molar-refractivity contribution in [3.05, 3.63) is 34.3 Å². The van der Waals surface area contributed by atoms with Gasteiger partial charge in [0.15, 0.2) is 0 Å². The average molecular weight is 406 g/mol. The first-order valence-corrected chi connectivity index (χ1v) is 9.19. The fraction of sp³-hybridized carbons (Fsp3) is 0.474. The van der Waals surface area contributed by atoms with Gasteiger partial charge in [0.05, 0.1) is 13.2 Å². The Morgan fingerprint density at radius 2 is 2.00 bits per heavy atom. The molecule has 1 aliphatic heterocycles. The quantitative estimate of drug-likeness (QED) is 0.705. The molecule has 1 amide bonds. The first-order valence-electron chi connectivity index (χ1n) is 8.40. The first-order chi connectivity index (χ1) is 12.0. The summed E-state index contributed by atoms with van der Waals surface area (Å²) >= 11 is 3.43. The number of halogens is 1. The number of hydrogen-bond acceptors (Lipinski definition) is 4. The Labute approximate surface area is 158 Å². The van der Waals surface area contributed by atoms with Crippen LogP contribution in [0.25, 0.3) is 6.08 Å². The molecule has 1 heterocycles. The summed E-state index contributed by atoms with van der Waals surface area (Å²) in [7, 11) is 1.61. The number of hydrogen-bond donors (Lipinski definition) is 0. The zero-order valence-electron chi connectivity index (χ0n) is 14.9. The van der Waals surface area contributed by atoms with Gasteiger partial charge in [-0.25, -0.2) is 0 Å². The van der Waals surface area contributed by atoms with Gasteiger partial charge in [-0.05, 0) is 30.2 Å². The summed E-state index contributed by atoms with van der Waals surface area (Å²) in [4.78, 5) is 16.4. The molecule has 1 saturated heterocycles. The molecular weight excluding hydrogens is 382 g/mol. The van der Waals surface area contributed by atoms with Crippen LogP contribution in [0.2, 0.25) is 0 Å². The Kier molecular flexibility index (Phi) is 7.03. The number of nitriles is 1. The minimum absolute atomic E-state index is 0.0141. The van der Waals surface area contributed by atoms with Gasteiger partial charge in [-0.3, -0.25) is 9.69 Å². The summed E-state index contributed by atoms with van der Waals surface area (Å²) in [6.45, 7) is 6.86. The van der Waals surface area contributed by atoms with E-state index in [4.69, 9.17) is 4.74 Å². The predicted octanol–water partition coefficient (Wildman–Crippen LogP) is 3.16. The molecule has 1 aromatic rings. The highest BCUT2D eigenvalue weighted by atomic mass is 79.9. The van der Waals surface area contributed by atoms with Gasteiger partial charge in [-0.15, -0.1) is 0 Å². The van der Waals surface area contributed by atoms with Gasteiger partial charge in [0.2, 0.25) is 5.91 Å². The Morgan fingerprint density at radius 3 is 2.56 bits per heavy atom. The summed E-state index contributed by atoms with van der Waals surface area (Å²) in [6.07, 6.45) is 3.37. The minimum atomic E-state index is -0.0845. The number of nitrogens with zero attached hydrogens (tertiary/aromatic N) is 3. The van der Waals surface area contributed by atoms with Crippen LogP contribution in [0.3, 0.4) is 0 Å². The van der Waals surface area contributed by atoms with E-state index in [1.54, 1.807) is 19.3 Å². The highest BCUT2D eigenvalue weighted by Gasteiger charge is 2.26. The van der Waals surface area contributed by atoms with E-state index in [2.05, 4.69) is 40.7 Å². The lowest BCUT2D eigenvalue weighted by Crippen LogP contribution is -2.52. The third-order valence-corrected chi connectivity index (χ3v) is 4.87. The molecule has 1 fully saturated rings. The number of piperazine rings is 1. The highest BCUT2D eigenvalue weighted by Crippen LogP contribution is 2.24. The molecule has 1 unspecified atom stereocenters. The van der Waals surface area contributed by atoms with Crippen molar-refractivity contribution in [1.29, 1.82) is 5.26 Å². The van der Waals surface area contributed by atoms with E-state index in [1.165, 1.54) is 0 Å². The van der Waals surface area contributed by atoms with Gasteiger partial charge >= 0.3 is 0 Å². The second-order valence-electron chi connectivity index (χ2n) is 6.40. The maximum Gasteiger partial charge on any atom is 0.246 e. The van der Waals surface area contributed by atoms with Gasteiger partial charge in [0, 0.05) is 42.3 Å². The molecule has 6 heteroatoms. The highest BCUT2D eigenvalue weighted by molar-refractivity contribution is 9.10. The molecule has 2 rings (SSSR count). The van der Waals surface area contributed by atoms with Crippen molar-refractivity contribution >= 4 is 27.9 Å². The number of ether oxygens (including phenoxy) is 1. The Morgan fingerprint density at radius 1 is 1.32 bits per heavy atom. The predicted molar refractivity (Wildman–Crippen MR) is 102 cm³/mol. The van der Waals surface area contributed by atoms with Crippen molar-refractivity contribution in [2.75, 3.05) is 33.3 Å². The summed E-state index contributed by atoms with van der Waals surface area (Å²) < 4.78 is 6.25. The summed E-state index contributed by atoms with van der Waals surface area (Å²) in [5, 5.41) is 9.31. The fourth-order valence-electron chi connectivity index (χ4n) is 2.97. The van der Waals surface area contributed by atoms with Crippen molar-refractivity contribution < 1.29 is 9.53 Å². The number of methoxy groups -OCH3 is 1. The van der Waals surface area contributed by atoms with Gasteiger partial charge in [0.1, 0.15) is 11.8 Å². The van der Waals surface area contributed by atoms with Crippen molar-refractivity contribution in [3.8, 4) is 11.8 Å². The van der Waals surface area contributed by atoms with Gasteiger partial charge < -0.3 is 9.64 Å². The lowest BCUT2D eigenvalue weighted by Gasteiger charge is -2.37. The zero-order valence-corrected chi connectivity index (χ0v) is 16.5. The fourth-order valence-corrected chi connectivity index (χ4v) is 3.35. The molecule has 1 aromatic carbocycles. The van der Waals surface area contributed by atoms with Crippen LogP contribution in [0.5, 0.6) is 5.75 Å². The molecule has 0 spiro atoms. The summed E-state index contributed by atoms with van der Waals surface area (Å²) in [5.74, 6) is 1.00. The first kappa shape index (κ1) is 19.5. The van der Waals surface area contributed by atoms with E-state index in [-0.39, 0.29) is 17.9 Å². The summed E-state index contributed by atoms with van der Waals surface area (Å²) in [5.41, 5.74) is 0.855. The molecule has 1 aliphatic rings. The van der Waals surface area contributed by atoms with Crippen molar-refractivity contribution in [1.82, 2.24) is 9.80 Å². The van der Waals surface area contributed by atoms with Crippen LogP contribution in [0.15, 0.2) is 28.7 Å². The normalized spacial score (nSPS) is 16.9. The molecule has 0 saturated carbocycles. The topological polar surface area (TPSA) is 56.6 Å². The standard InChI is InChI=1S/C19H24BrN3O2/c1-14(2)17(13-21)22-8-10-23(11-9-22)19(24)7-4-15-12-16(20)5-6-18(15)25-3/h4-7,12,14,17H,8-11H2,1-3H3/b7-4+. The largest absolute Gasteiger partial charge is 0.496 e. The number of amides is 1. The Balaban J connectivity index is 1.97. The van der Waals surface area contributed by atoms with Crippen LogP contribution in [-0.2, 0) is 4.79 Å². The van der Waals surface area contributed by atoms with E-state index >= 15 is 0 Å². The second-order valence-corrected chi connectivity index (χ2v) is 7.31. The molecular formula is C19H24BrN3O2. The van der Waals surface area contributed by atoms with E-state index in [0.717, 1.165) is 28.9 Å². The third-order valence-electron chi connectivity index (χ3n) is 4.38. The third kappa shape index (κ3) is 5.07. The smallest absolute Gasteiger partial charge is 0.246 e. The monoisotopic (exact) mass is 405 g/mol. The maximum atomic E-state index is 12.4. The van der Waals surface area contributed by atoms with Crippen LogP contribution in [0.4, 0.5) is 0 Å². The molecule has 0 bridgehead atoms. The van der Waals surface area contributed by atoms with Crippen LogP contribution >= 0.6 is 15.9 Å². The van der Waals surface area contributed by atoms with E-state index < -0.39 is 0 Å². The molecule has 1 atom stereocenters. The van der Waals surface area contributed by atoms with Gasteiger partial charge in [0.25, 0.3) is 0 Å². The van der Waals surface area contributed by atoms with Crippen LogP contribution in [0, 0.1) is 17.2 Å². The number of benzene rings is 1. The second kappa shape index (κ2) is 9.02. The Bertz CT molecular complexity index is 674. The number of rotatable bonds is 5. The number of carbonyl (C=O) groups excluding carboxylic acids is 1. The van der Waals surface area contributed by atoms with Crippen molar-refractivity contribution in [2.45, 2.75) is 19.9 Å². The lowest BCUT2D eigenvalue weighted by molar-refractivity contribution is -0.127. The van der Waals surface area contributed by atoms with Gasteiger partial charge in [-0.1, -0.05) is 29.8 Å². The number of carbonyl (C=O) groups is 1. The Hall–Kier alpha value is -1.84. The van der Waals surface area contributed by atoms with Crippen LogP contribution in [0.1, 0.15) is 19.4 Å². The SMILES string of the molecule is COc1ccc(Br)cc1/C=C/C(=O)N1CCN(C(C#N)C(C)C)CC1. The molecule has 0 N–H and O–H groups in total. The van der Waals surface area contributed by atoms with Crippen molar-refractivity contribution in [2.24, 2.45) is 5.92 Å². The average Bonchev–Trinajstić information content (AvgIpc) is 2.60.